The van der Waals surface area contributed by atoms with Crippen molar-refractivity contribution in [3.63, 3.8) is 0 Å². The molecule has 1 fully saturated rings. The molecule has 6 nitrogen and oxygen atoms in total. The van der Waals surface area contributed by atoms with E-state index in [1.807, 2.05) is 56.0 Å². The summed E-state index contributed by atoms with van der Waals surface area (Å²) < 4.78 is 7.92. The maximum Gasteiger partial charge on any atom is 0.410 e. The summed E-state index contributed by atoms with van der Waals surface area (Å²) >= 11 is 0. The van der Waals surface area contributed by atoms with Crippen LogP contribution in [-0.4, -0.2) is 39.7 Å². The number of hydrogen-bond acceptors (Lipinski definition) is 3. The Hall–Kier alpha value is -4.06. The van der Waals surface area contributed by atoms with Crippen LogP contribution < -0.4 is 4.90 Å². The van der Waals surface area contributed by atoms with Gasteiger partial charge in [-0.15, -0.1) is 0 Å². The van der Waals surface area contributed by atoms with Crippen LogP contribution in [0.4, 0.5) is 16.2 Å². The molecule has 6 heteroatoms. The number of amides is 2. The number of nitrogens with zero attached hydrogens (tertiary/aromatic N) is 3. The largest absolute Gasteiger partial charge is 0.444 e. The van der Waals surface area contributed by atoms with Gasteiger partial charge < -0.3 is 14.2 Å². The van der Waals surface area contributed by atoms with Crippen molar-refractivity contribution in [3.05, 3.63) is 84.6 Å². The lowest BCUT2D eigenvalue weighted by Crippen LogP contribution is -2.53. The van der Waals surface area contributed by atoms with Crippen LogP contribution in [0.2, 0.25) is 0 Å². The van der Waals surface area contributed by atoms with Gasteiger partial charge in [0.1, 0.15) is 5.60 Å². The molecule has 0 unspecified atom stereocenters. The number of anilines is 2. The van der Waals surface area contributed by atoms with Crippen molar-refractivity contribution in [2.45, 2.75) is 58.1 Å². The molecule has 0 saturated carbocycles. The molecule has 4 aromatic rings. The van der Waals surface area contributed by atoms with E-state index in [2.05, 4.69) is 74.1 Å². The fourth-order valence-corrected chi connectivity index (χ4v) is 6.82. The number of likely N-dealkylation sites (tertiary alicyclic amines) is 1. The topological polar surface area (TPSA) is 54.8 Å². The van der Waals surface area contributed by atoms with E-state index in [0.29, 0.717) is 13.0 Å². The molecule has 2 atom stereocenters. The van der Waals surface area contributed by atoms with E-state index < -0.39 is 11.0 Å². The van der Waals surface area contributed by atoms with Crippen LogP contribution in [0.25, 0.3) is 22.0 Å². The Morgan fingerprint density at radius 2 is 1.73 bits per heavy atom. The summed E-state index contributed by atoms with van der Waals surface area (Å²) in [4.78, 5) is 31.8. The quantitative estimate of drug-likeness (QED) is 0.274. The van der Waals surface area contributed by atoms with Gasteiger partial charge in [0.05, 0.1) is 17.1 Å². The minimum Gasteiger partial charge on any atom is -0.444 e. The summed E-state index contributed by atoms with van der Waals surface area (Å²) in [5.74, 6) is 0.0730. The highest BCUT2D eigenvalue weighted by Crippen LogP contribution is 2.54. The van der Waals surface area contributed by atoms with Crippen LogP contribution in [0.1, 0.15) is 46.6 Å². The van der Waals surface area contributed by atoms with Gasteiger partial charge in [-0.05, 0) is 85.5 Å². The van der Waals surface area contributed by atoms with Gasteiger partial charge >= 0.3 is 6.09 Å². The van der Waals surface area contributed by atoms with E-state index in [-0.39, 0.29) is 24.0 Å². The second-order valence-corrected chi connectivity index (χ2v) is 12.5. The minimum atomic E-state index is -0.834. The zero-order valence-electron chi connectivity index (χ0n) is 24.1. The molecule has 2 aliphatic heterocycles. The summed E-state index contributed by atoms with van der Waals surface area (Å²) in [5, 5.41) is 1.20. The Balaban J connectivity index is 1.43. The van der Waals surface area contributed by atoms with Crippen LogP contribution in [0.15, 0.2) is 79.0 Å². The number of rotatable bonds is 3. The van der Waals surface area contributed by atoms with E-state index in [1.165, 1.54) is 5.39 Å². The monoisotopic (exact) mass is 535 g/mol. The minimum absolute atomic E-state index is 0.0218. The normalized spacial score (nSPS) is 20.7. The molecule has 6 rings (SSSR count). The van der Waals surface area contributed by atoms with E-state index in [4.69, 9.17) is 4.74 Å². The Morgan fingerprint density at radius 3 is 2.48 bits per heavy atom. The predicted molar refractivity (Wildman–Crippen MR) is 160 cm³/mol. The van der Waals surface area contributed by atoms with E-state index in [1.54, 1.807) is 4.90 Å². The Morgan fingerprint density at radius 1 is 0.975 bits per heavy atom. The van der Waals surface area contributed by atoms with Crippen molar-refractivity contribution in [3.8, 4) is 11.1 Å². The van der Waals surface area contributed by atoms with E-state index in [9.17, 15) is 9.59 Å². The Bertz CT molecular complexity index is 1630. The fraction of sp³-hybridized carbons (Fsp3) is 0.353. The molecular weight excluding hydrogens is 498 g/mol. The number of carbonyl (C=O) groups excluding carboxylic acids is 2. The summed E-state index contributed by atoms with van der Waals surface area (Å²) in [6.07, 6.45) is 2.27. The maximum atomic E-state index is 14.7. The van der Waals surface area contributed by atoms with Gasteiger partial charge in [-0.2, -0.15) is 0 Å². The number of hydrogen-bond donors (Lipinski definition) is 0. The highest BCUT2D eigenvalue weighted by atomic mass is 16.6. The van der Waals surface area contributed by atoms with Crippen molar-refractivity contribution in [2.75, 3.05) is 11.4 Å². The first kappa shape index (κ1) is 26.2. The first-order valence-corrected chi connectivity index (χ1v) is 14.1. The van der Waals surface area contributed by atoms with Crippen molar-refractivity contribution < 1.29 is 14.3 Å². The standard InChI is InChI=1S/C34H37N3O3/c1-22(2)30-34(17-19-36(30)32(39)40-33(3,4)5)27-12-7-8-13-28(27)37(31(34)38)26-11-9-10-24(20-26)25-15-14-23-16-18-35(6)29(23)21-25/h7-16,18,20-22,30H,17,19H2,1-6H3/t30-,34-/m0/s1. The molecule has 0 aliphatic carbocycles. The second kappa shape index (κ2) is 9.26. The molecular formula is C34H37N3O3. The fourth-order valence-electron chi connectivity index (χ4n) is 6.82. The van der Waals surface area contributed by atoms with Crippen molar-refractivity contribution >= 4 is 34.3 Å². The summed E-state index contributed by atoms with van der Waals surface area (Å²) in [5.41, 5.74) is 4.58. The third kappa shape index (κ3) is 4.00. The SMILES string of the molecule is CC(C)[C@@H]1N(C(=O)OC(C)(C)C)CC[C@@]12C(=O)N(c1cccc(-c3ccc4ccn(C)c4c3)c1)c1ccccc12. The van der Waals surface area contributed by atoms with Gasteiger partial charge in [-0.1, -0.05) is 56.3 Å². The van der Waals surface area contributed by atoms with Crippen LogP contribution in [0.3, 0.4) is 0 Å². The summed E-state index contributed by atoms with van der Waals surface area (Å²) in [6, 6.07) is 24.5. The lowest BCUT2D eigenvalue weighted by molar-refractivity contribution is -0.123. The highest BCUT2D eigenvalue weighted by Gasteiger charge is 2.62. The van der Waals surface area contributed by atoms with Crippen LogP contribution >= 0.6 is 0 Å². The molecule has 1 spiro atoms. The summed E-state index contributed by atoms with van der Waals surface area (Å²) in [7, 11) is 2.05. The smallest absolute Gasteiger partial charge is 0.410 e. The van der Waals surface area contributed by atoms with Gasteiger partial charge in [-0.3, -0.25) is 9.69 Å². The maximum absolute atomic E-state index is 14.7. The number of carbonyl (C=O) groups is 2. The molecule has 40 heavy (non-hydrogen) atoms. The molecule has 3 aromatic carbocycles. The highest BCUT2D eigenvalue weighted by molar-refractivity contribution is 6.14. The van der Waals surface area contributed by atoms with Crippen molar-refractivity contribution in [1.82, 2.24) is 9.47 Å². The number of aromatic nitrogens is 1. The number of aryl methyl sites for hydroxylation is 1. The van der Waals surface area contributed by atoms with Crippen LogP contribution in [-0.2, 0) is 22.0 Å². The molecule has 2 amide bonds. The lowest BCUT2D eigenvalue weighted by Gasteiger charge is -2.37. The number of para-hydroxylation sites is 1. The number of ether oxygens (including phenoxy) is 1. The zero-order valence-corrected chi connectivity index (χ0v) is 24.1. The Kier molecular flexibility index (Phi) is 6.06. The molecule has 0 radical (unpaired) electrons. The van der Waals surface area contributed by atoms with Crippen LogP contribution in [0.5, 0.6) is 0 Å². The van der Waals surface area contributed by atoms with E-state index >= 15 is 0 Å². The van der Waals surface area contributed by atoms with E-state index in [0.717, 1.165) is 33.6 Å². The number of fused-ring (bicyclic) bond motifs is 3. The third-order valence-electron chi connectivity index (χ3n) is 8.38. The van der Waals surface area contributed by atoms with Gasteiger partial charge in [0.15, 0.2) is 0 Å². The molecule has 0 bridgehead atoms. The molecule has 0 N–H and O–H groups in total. The van der Waals surface area contributed by atoms with Crippen molar-refractivity contribution in [1.29, 1.82) is 0 Å². The molecule has 3 heterocycles. The first-order chi connectivity index (χ1) is 19.0. The first-order valence-electron chi connectivity index (χ1n) is 14.1. The predicted octanol–water partition coefficient (Wildman–Crippen LogP) is 7.43. The van der Waals surface area contributed by atoms with Crippen LogP contribution in [0, 0.1) is 5.92 Å². The average Bonchev–Trinajstić information content (AvgIpc) is 3.57. The molecule has 2 aliphatic rings. The molecule has 206 valence electrons. The van der Waals surface area contributed by atoms with Gasteiger partial charge in [0.2, 0.25) is 5.91 Å². The zero-order chi connectivity index (χ0) is 28.4. The third-order valence-corrected chi connectivity index (χ3v) is 8.38. The molecule has 1 saturated heterocycles. The van der Waals surface area contributed by atoms with Gasteiger partial charge in [-0.25, -0.2) is 4.79 Å². The second-order valence-electron chi connectivity index (χ2n) is 12.5. The summed E-state index contributed by atoms with van der Waals surface area (Å²) in [6.45, 7) is 10.3. The average molecular weight is 536 g/mol. The number of benzene rings is 3. The Labute approximate surface area is 236 Å². The lowest BCUT2D eigenvalue weighted by atomic mass is 9.71. The van der Waals surface area contributed by atoms with Crippen molar-refractivity contribution in [2.24, 2.45) is 13.0 Å². The van der Waals surface area contributed by atoms with Gasteiger partial charge in [0.25, 0.3) is 0 Å². The molecule has 1 aromatic heterocycles. The van der Waals surface area contributed by atoms with Gasteiger partial charge in [0, 0.05) is 31.0 Å².